The Morgan fingerprint density at radius 1 is 0.895 bits per heavy atom. The molecule has 0 bridgehead atoms. The van der Waals surface area contributed by atoms with E-state index >= 15 is 0 Å². The number of benzene rings is 1. The number of carbonyl (C=O) groups excluding carboxylic acids is 2. The monoisotopic (exact) mass is 284 g/mol. The number of hydrogen-bond donors (Lipinski definition) is 0. The molecular formula is C11H6F6O2. The average molecular weight is 284 g/mol. The van der Waals surface area contributed by atoms with Crippen LogP contribution in [0.25, 0.3) is 0 Å². The molecule has 8 heteroatoms. The van der Waals surface area contributed by atoms with Gasteiger partial charge < -0.3 is 0 Å². The lowest BCUT2D eigenvalue weighted by Crippen LogP contribution is -2.25. The second kappa shape index (κ2) is 5.02. The summed E-state index contributed by atoms with van der Waals surface area (Å²) in [6.45, 7) is 0. The molecule has 0 saturated heterocycles. The van der Waals surface area contributed by atoms with Crippen molar-refractivity contribution in [2.75, 3.05) is 0 Å². The van der Waals surface area contributed by atoms with Gasteiger partial charge in [-0.05, 0) is 12.1 Å². The first-order chi connectivity index (χ1) is 8.51. The molecule has 0 saturated carbocycles. The van der Waals surface area contributed by atoms with Crippen molar-refractivity contribution < 1.29 is 35.9 Å². The zero-order valence-electron chi connectivity index (χ0n) is 9.10. The lowest BCUT2D eigenvalue weighted by Gasteiger charge is -2.07. The van der Waals surface area contributed by atoms with Crippen LogP contribution in [0.3, 0.4) is 0 Å². The molecule has 2 nitrogen and oxygen atoms in total. The van der Waals surface area contributed by atoms with Crippen LogP contribution in [0.2, 0.25) is 0 Å². The molecule has 0 atom stereocenters. The fourth-order valence-corrected chi connectivity index (χ4v) is 1.19. The van der Waals surface area contributed by atoms with Crippen molar-refractivity contribution in [1.82, 2.24) is 0 Å². The first kappa shape index (κ1) is 15.2. The number of ketones is 2. The van der Waals surface area contributed by atoms with E-state index in [-0.39, 0.29) is 5.56 Å². The largest absolute Gasteiger partial charge is 0.450 e. The highest BCUT2D eigenvalue weighted by Gasteiger charge is 2.39. The highest BCUT2D eigenvalue weighted by atomic mass is 19.4. The van der Waals surface area contributed by atoms with Gasteiger partial charge in [-0.2, -0.15) is 26.3 Å². The highest BCUT2D eigenvalue weighted by Crippen LogP contribution is 2.29. The summed E-state index contributed by atoms with van der Waals surface area (Å²) in [6.07, 6.45) is -11.2. The Balaban J connectivity index is 2.83. The molecule has 19 heavy (non-hydrogen) atoms. The Morgan fingerprint density at radius 3 is 1.74 bits per heavy atom. The third-order valence-electron chi connectivity index (χ3n) is 2.17. The van der Waals surface area contributed by atoms with Gasteiger partial charge in [0.2, 0.25) is 5.78 Å². The number of Topliss-reactive ketones (excluding diaryl/α,β-unsaturated/α-hetero) is 2. The van der Waals surface area contributed by atoms with Gasteiger partial charge in [-0.1, -0.05) is 12.1 Å². The summed E-state index contributed by atoms with van der Waals surface area (Å²) in [5, 5.41) is 0. The summed E-state index contributed by atoms with van der Waals surface area (Å²) in [4.78, 5) is 21.8. The van der Waals surface area contributed by atoms with Crippen molar-refractivity contribution in [3.8, 4) is 0 Å². The maximum absolute atomic E-state index is 12.2. The van der Waals surface area contributed by atoms with Gasteiger partial charge >= 0.3 is 12.4 Å². The number of halogens is 6. The fourth-order valence-electron chi connectivity index (χ4n) is 1.19. The Morgan fingerprint density at radius 2 is 1.37 bits per heavy atom. The van der Waals surface area contributed by atoms with Crippen LogP contribution in [-0.2, 0) is 11.0 Å². The van der Waals surface area contributed by atoms with E-state index in [4.69, 9.17) is 0 Å². The van der Waals surface area contributed by atoms with Gasteiger partial charge in [-0.25, -0.2) is 0 Å². The molecule has 0 aliphatic carbocycles. The lowest BCUT2D eigenvalue weighted by molar-refractivity contribution is -0.170. The molecule has 0 unspecified atom stereocenters. The van der Waals surface area contributed by atoms with Crippen molar-refractivity contribution in [2.45, 2.75) is 18.8 Å². The summed E-state index contributed by atoms with van der Waals surface area (Å²) in [6, 6.07) is 2.58. The molecule has 1 aromatic carbocycles. The summed E-state index contributed by atoms with van der Waals surface area (Å²) in [7, 11) is 0. The maximum atomic E-state index is 12.2. The van der Waals surface area contributed by atoms with Crippen LogP contribution in [0.1, 0.15) is 22.3 Å². The van der Waals surface area contributed by atoms with E-state index in [1.54, 1.807) is 0 Å². The van der Waals surface area contributed by atoms with Crippen molar-refractivity contribution in [2.24, 2.45) is 0 Å². The van der Waals surface area contributed by atoms with E-state index in [0.29, 0.717) is 12.1 Å². The average Bonchev–Trinajstić information content (AvgIpc) is 2.26. The van der Waals surface area contributed by atoms with Gasteiger partial charge in [0.25, 0.3) is 0 Å². The van der Waals surface area contributed by atoms with Crippen LogP contribution in [0.4, 0.5) is 26.3 Å². The predicted molar refractivity (Wildman–Crippen MR) is 51.5 cm³/mol. The van der Waals surface area contributed by atoms with Gasteiger partial charge in [0, 0.05) is 5.56 Å². The third kappa shape index (κ3) is 4.08. The Labute approximate surface area is 103 Å². The van der Waals surface area contributed by atoms with Gasteiger partial charge in [0.15, 0.2) is 5.78 Å². The van der Waals surface area contributed by atoms with Crippen LogP contribution in [0, 0.1) is 0 Å². The minimum absolute atomic E-state index is 0.384. The second-order valence-electron chi connectivity index (χ2n) is 3.60. The Hall–Kier alpha value is -1.86. The molecular weight excluding hydrogens is 278 g/mol. The highest BCUT2D eigenvalue weighted by molar-refractivity contribution is 6.09. The molecule has 0 radical (unpaired) electrons. The lowest BCUT2D eigenvalue weighted by atomic mass is 10.0. The van der Waals surface area contributed by atoms with Crippen LogP contribution >= 0.6 is 0 Å². The molecule has 1 aromatic rings. The van der Waals surface area contributed by atoms with Crippen molar-refractivity contribution in [3.63, 3.8) is 0 Å². The molecule has 0 aliphatic rings. The molecule has 0 aliphatic heterocycles. The van der Waals surface area contributed by atoms with Gasteiger partial charge in [0.05, 0.1) is 12.0 Å². The zero-order valence-corrected chi connectivity index (χ0v) is 9.10. The number of carbonyl (C=O) groups is 2. The zero-order chi connectivity index (χ0) is 14.8. The fraction of sp³-hybridized carbons (Fsp3) is 0.273. The number of alkyl halides is 6. The summed E-state index contributed by atoms with van der Waals surface area (Å²) in [5.74, 6) is -3.42. The SMILES string of the molecule is O=C(CC(=O)C(F)(F)F)c1ccc(C(F)(F)F)cc1. The topological polar surface area (TPSA) is 34.1 Å². The van der Waals surface area contributed by atoms with Crippen LogP contribution in [-0.4, -0.2) is 17.7 Å². The van der Waals surface area contributed by atoms with E-state index < -0.39 is 35.9 Å². The Bertz CT molecular complexity index is 483. The molecule has 0 fully saturated rings. The Kier molecular flexibility index (Phi) is 4.02. The van der Waals surface area contributed by atoms with Crippen molar-refractivity contribution in [3.05, 3.63) is 35.4 Å². The molecule has 0 aromatic heterocycles. The van der Waals surface area contributed by atoms with E-state index in [0.717, 1.165) is 12.1 Å². The van der Waals surface area contributed by atoms with Crippen molar-refractivity contribution >= 4 is 11.6 Å². The van der Waals surface area contributed by atoms with Gasteiger partial charge in [0.1, 0.15) is 0 Å². The second-order valence-corrected chi connectivity index (χ2v) is 3.60. The number of rotatable bonds is 3. The molecule has 0 heterocycles. The van der Waals surface area contributed by atoms with E-state index in [2.05, 4.69) is 0 Å². The smallest absolute Gasteiger partial charge is 0.294 e. The van der Waals surface area contributed by atoms with E-state index in [1.807, 2.05) is 0 Å². The molecule has 1 rings (SSSR count). The van der Waals surface area contributed by atoms with E-state index in [1.165, 1.54) is 0 Å². The minimum Gasteiger partial charge on any atom is -0.294 e. The van der Waals surface area contributed by atoms with E-state index in [9.17, 15) is 35.9 Å². The van der Waals surface area contributed by atoms with Gasteiger partial charge in [-0.15, -0.1) is 0 Å². The van der Waals surface area contributed by atoms with Crippen molar-refractivity contribution in [1.29, 1.82) is 0 Å². The standard InChI is InChI=1S/C11H6F6O2/c12-10(13,14)7-3-1-6(2-4-7)8(18)5-9(19)11(15,16)17/h1-4H,5H2. The molecule has 0 amide bonds. The normalized spacial score (nSPS) is 12.3. The molecule has 104 valence electrons. The summed E-state index contributed by atoms with van der Waals surface area (Å²) >= 11 is 0. The quantitative estimate of drug-likeness (QED) is 0.484. The molecule has 0 spiro atoms. The predicted octanol–water partition coefficient (Wildman–Crippen LogP) is 3.41. The minimum atomic E-state index is -5.14. The first-order valence-corrected chi connectivity index (χ1v) is 4.82. The first-order valence-electron chi connectivity index (χ1n) is 4.82. The van der Waals surface area contributed by atoms with Gasteiger partial charge in [-0.3, -0.25) is 9.59 Å². The maximum Gasteiger partial charge on any atom is 0.450 e. The third-order valence-corrected chi connectivity index (χ3v) is 2.17. The number of hydrogen-bond acceptors (Lipinski definition) is 2. The molecule has 0 N–H and O–H groups in total. The van der Waals surface area contributed by atoms with Crippen LogP contribution < -0.4 is 0 Å². The van der Waals surface area contributed by atoms with Crippen LogP contribution in [0.5, 0.6) is 0 Å². The summed E-state index contributed by atoms with van der Waals surface area (Å²) < 4.78 is 72.3. The van der Waals surface area contributed by atoms with Crippen LogP contribution in [0.15, 0.2) is 24.3 Å². The summed E-state index contributed by atoms with van der Waals surface area (Å²) in [5.41, 5.74) is -1.42.